The summed E-state index contributed by atoms with van der Waals surface area (Å²) in [6, 6.07) is 16.0. The van der Waals surface area contributed by atoms with E-state index in [0.717, 1.165) is 35.7 Å². The molecule has 0 fully saturated rings. The molecule has 2 N–H and O–H groups in total. The van der Waals surface area contributed by atoms with Crippen LogP contribution in [0.4, 0.5) is 5.69 Å². The third-order valence-corrected chi connectivity index (χ3v) is 4.13. The largest absolute Gasteiger partial charge is 0.368 e. The van der Waals surface area contributed by atoms with E-state index in [9.17, 15) is 4.79 Å². The first-order chi connectivity index (χ1) is 12.1. The van der Waals surface area contributed by atoms with Gasteiger partial charge in [0.2, 0.25) is 5.91 Å². The van der Waals surface area contributed by atoms with Crippen LogP contribution in [0.5, 0.6) is 0 Å². The van der Waals surface area contributed by atoms with E-state index in [0.29, 0.717) is 5.92 Å². The standard InChI is InChI=1S/C21H23N3O/c1-15(2)17-6-3-16(4-7-17)5-12-20(25)24-19-10-8-18(9-11-19)21-22-13-14-23-21/h3-12,15H,13-14H2,1-2H3,(H,22,23)(H,24,25)/b12-5+. The van der Waals surface area contributed by atoms with E-state index in [-0.39, 0.29) is 5.91 Å². The van der Waals surface area contributed by atoms with Gasteiger partial charge in [-0.2, -0.15) is 0 Å². The summed E-state index contributed by atoms with van der Waals surface area (Å²) in [4.78, 5) is 16.5. The Hall–Kier alpha value is -2.88. The van der Waals surface area contributed by atoms with Crippen LogP contribution in [0, 0.1) is 0 Å². The minimum absolute atomic E-state index is 0.142. The fraction of sp³-hybridized carbons (Fsp3) is 0.238. The molecule has 4 nitrogen and oxygen atoms in total. The first-order valence-corrected chi connectivity index (χ1v) is 8.59. The van der Waals surface area contributed by atoms with E-state index in [2.05, 4.69) is 41.6 Å². The van der Waals surface area contributed by atoms with Crippen LogP contribution in [0.15, 0.2) is 59.6 Å². The number of hydrogen-bond acceptors (Lipinski definition) is 3. The highest BCUT2D eigenvalue weighted by atomic mass is 16.1. The number of rotatable bonds is 5. The van der Waals surface area contributed by atoms with Crippen molar-refractivity contribution in [2.45, 2.75) is 19.8 Å². The normalized spacial score (nSPS) is 13.8. The zero-order valence-electron chi connectivity index (χ0n) is 14.6. The molecular weight excluding hydrogens is 310 g/mol. The van der Waals surface area contributed by atoms with Gasteiger partial charge in [-0.3, -0.25) is 9.79 Å². The average molecular weight is 333 g/mol. The summed E-state index contributed by atoms with van der Waals surface area (Å²) in [5, 5.41) is 6.11. The molecule has 3 rings (SSSR count). The summed E-state index contributed by atoms with van der Waals surface area (Å²) in [7, 11) is 0. The third-order valence-electron chi connectivity index (χ3n) is 4.13. The molecule has 25 heavy (non-hydrogen) atoms. The van der Waals surface area contributed by atoms with Crippen molar-refractivity contribution in [1.29, 1.82) is 0 Å². The summed E-state index contributed by atoms with van der Waals surface area (Å²) >= 11 is 0. The van der Waals surface area contributed by atoms with E-state index in [1.807, 2.05) is 42.5 Å². The average Bonchev–Trinajstić information content (AvgIpc) is 3.15. The number of nitrogens with zero attached hydrogens (tertiary/aromatic N) is 1. The molecule has 0 aliphatic carbocycles. The molecule has 0 radical (unpaired) electrons. The molecule has 0 saturated carbocycles. The molecule has 128 valence electrons. The summed E-state index contributed by atoms with van der Waals surface area (Å²) in [5.74, 6) is 1.29. The minimum Gasteiger partial charge on any atom is -0.368 e. The van der Waals surface area contributed by atoms with Crippen molar-refractivity contribution >= 4 is 23.5 Å². The van der Waals surface area contributed by atoms with Gasteiger partial charge in [-0.15, -0.1) is 0 Å². The number of aliphatic imine (C=N–C) groups is 1. The number of carbonyl (C=O) groups excluding carboxylic acids is 1. The van der Waals surface area contributed by atoms with Crippen molar-refractivity contribution in [3.8, 4) is 0 Å². The Bertz CT molecular complexity index is 787. The molecule has 1 aliphatic heterocycles. The van der Waals surface area contributed by atoms with Gasteiger partial charge in [-0.05, 0) is 47.4 Å². The number of benzene rings is 2. The number of carbonyl (C=O) groups is 1. The van der Waals surface area contributed by atoms with Gasteiger partial charge in [-0.25, -0.2) is 0 Å². The van der Waals surface area contributed by atoms with Gasteiger partial charge < -0.3 is 10.6 Å². The molecule has 1 aliphatic rings. The maximum Gasteiger partial charge on any atom is 0.248 e. The van der Waals surface area contributed by atoms with Crippen LogP contribution in [-0.4, -0.2) is 24.8 Å². The third kappa shape index (κ3) is 4.57. The second kappa shape index (κ2) is 7.79. The number of hydrogen-bond donors (Lipinski definition) is 2. The lowest BCUT2D eigenvalue weighted by atomic mass is 10.0. The van der Waals surface area contributed by atoms with E-state index < -0.39 is 0 Å². The molecule has 0 aromatic heterocycles. The van der Waals surface area contributed by atoms with Gasteiger partial charge in [-0.1, -0.05) is 38.1 Å². The zero-order chi connectivity index (χ0) is 17.6. The summed E-state index contributed by atoms with van der Waals surface area (Å²) in [6.07, 6.45) is 3.38. The Balaban J connectivity index is 1.58. The number of amides is 1. The van der Waals surface area contributed by atoms with E-state index in [1.165, 1.54) is 5.56 Å². The van der Waals surface area contributed by atoms with Crippen LogP contribution in [0.1, 0.15) is 36.5 Å². The topological polar surface area (TPSA) is 53.5 Å². The van der Waals surface area contributed by atoms with Crippen LogP contribution in [0.3, 0.4) is 0 Å². The molecule has 0 bridgehead atoms. The molecule has 0 unspecified atom stereocenters. The van der Waals surface area contributed by atoms with Crippen molar-refractivity contribution in [3.63, 3.8) is 0 Å². The first kappa shape index (κ1) is 17.0. The van der Waals surface area contributed by atoms with Gasteiger partial charge in [0.1, 0.15) is 5.84 Å². The van der Waals surface area contributed by atoms with Gasteiger partial charge in [0.15, 0.2) is 0 Å². The molecule has 2 aromatic rings. The molecule has 0 saturated heterocycles. The Morgan fingerprint density at radius 1 is 1.12 bits per heavy atom. The Morgan fingerprint density at radius 2 is 1.84 bits per heavy atom. The van der Waals surface area contributed by atoms with Crippen LogP contribution in [0.25, 0.3) is 6.08 Å². The molecule has 0 atom stereocenters. The van der Waals surface area contributed by atoms with Crippen LogP contribution >= 0.6 is 0 Å². The number of amidine groups is 1. The van der Waals surface area contributed by atoms with Crippen molar-refractivity contribution in [2.24, 2.45) is 4.99 Å². The van der Waals surface area contributed by atoms with E-state index in [4.69, 9.17) is 0 Å². The van der Waals surface area contributed by atoms with Crippen LogP contribution in [-0.2, 0) is 4.79 Å². The van der Waals surface area contributed by atoms with Crippen molar-refractivity contribution in [3.05, 3.63) is 71.3 Å². The Kier molecular flexibility index (Phi) is 5.29. The van der Waals surface area contributed by atoms with Gasteiger partial charge in [0.05, 0.1) is 6.54 Å². The first-order valence-electron chi connectivity index (χ1n) is 8.59. The minimum atomic E-state index is -0.142. The fourth-order valence-corrected chi connectivity index (χ4v) is 2.65. The monoisotopic (exact) mass is 333 g/mol. The lowest BCUT2D eigenvalue weighted by Gasteiger charge is -2.06. The predicted octanol–water partition coefficient (Wildman–Crippen LogP) is 3.81. The van der Waals surface area contributed by atoms with Crippen molar-refractivity contribution in [2.75, 3.05) is 18.4 Å². The SMILES string of the molecule is CC(C)c1ccc(/C=C/C(=O)Nc2ccc(C3=NCCN3)cc2)cc1. The zero-order valence-corrected chi connectivity index (χ0v) is 14.6. The maximum atomic E-state index is 12.1. The molecule has 2 aromatic carbocycles. The quantitative estimate of drug-likeness (QED) is 0.818. The second-order valence-corrected chi connectivity index (χ2v) is 6.38. The summed E-state index contributed by atoms with van der Waals surface area (Å²) in [5.41, 5.74) is 4.12. The molecular formula is C21H23N3O. The summed E-state index contributed by atoms with van der Waals surface area (Å²) in [6.45, 7) is 6.03. The fourth-order valence-electron chi connectivity index (χ4n) is 2.65. The van der Waals surface area contributed by atoms with E-state index in [1.54, 1.807) is 6.08 Å². The van der Waals surface area contributed by atoms with Crippen molar-refractivity contribution < 1.29 is 4.79 Å². The second-order valence-electron chi connectivity index (χ2n) is 6.38. The van der Waals surface area contributed by atoms with Gasteiger partial charge in [0, 0.05) is 23.9 Å². The smallest absolute Gasteiger partial charge is 0.248 e. The molecule has 1 heterocycles. The van der Waals surface area contributed by atoms with Crippen LogP contribution in [0.2, 0.25) is 0 Å². The molecule has 0 spiro atoms. The highest BCUT2D eigenvalue weighted by Crippen LogP contribution is 2.15. The Labute approximate surface area is 148 Å². The number of anilines is 1. The van der Waals surface area contributed by atoms with Crippen LogP contribution < -0.4 is 10.6 Å². The van der Waals surface area contributed by atoms with Gasteiger partial charge >= 0.3 is 0 Å². The maximum absolute atomic E-state index is 12.1. The lowest BCUT2D eigenvalue weighted by molar-refractivity contribution is -0.111. The Morgan fingerprint density at radius 3 is 2.44 bits per heavy atom. The van der Waals surface area contributed by atoms with Gasteiger partial charge in [0.25, 0.3) is 0 Å². The molecule has 1 amide bonds. The summed E-state index contributed by atoms with van der Waals surface area (Å²) < 4.78 is 0. The highest BCUT2D eigenvalue weighted by molar-refractivity contribution is 6.03. The predicted molar refractivity (Wildman–Crippen MR) is 104 cm³/mol. The lowest BCUT2D eigenvalue weighted by Crippen LogP contribution is -2.19. The number of nitrogens with one attached hydrogen (secondary N) is 2. The highest BCUT2D eigenvalue weighted by Gasteiger charge is 2.07. The van der Waals surface area contributed by atoms with E-state index >= 15 is 0 Å². The van der Waals surface area contributed by atoms with Crippen molar-refractivity contribution in [1.82, 2.24) is 5.32 Å². The molecule has 4 heteroatoms.